The van der Waals surface area contributed by atoms with Gasteiger partial charge in [-0.25, -0.2) is 0 Å². The van der Waals surface area contributed by atoms with Crippen molar-refractivity contribution in [2.45, 2.75) is 43.3 Å². The zero-order valence-electron chi connectivity index (χ0n) is 28.7. The average molecular weight is 654 g/mol. The van der Waals surface area contributed by atoms with Gasteiger partial charge in [0.15, 0.2) is 0 Å². The summed E-state index contributed by atoms with van der Waals surface area (Å²) in [4.78, 5) is 2.70. The van der Waals surface area contributed by atoms with Gasteiger partial charge in [-0.05, 0) is 64.9 Å². The van der Waals surface area contributed by atoms with E-state index in [-0.39, 0.29) is 23.9 Å². The summed E-state index contributed by atoms with van der Waals surface area (Å²) in [6, 6.07) is 64.4. The van der Waals surface area contributed by atoms with Crippen molar-refractivity contribution in [2.24, 2.45) is 0 Å². The zero-order chi connectivity index (χ0) is 33.8. The average Bonchev–Trinajstić information content (AvgIpc) is 3.93. The molecule has 0 fully saturated rings. The van der Waals surface area contributed by atoms with Gasteiger partial charge in [-0.15, -0.1) is 0 Å². The second-order valence-corrected chi connectivity index (χ2v) is 13.3. The molecule has 3 heteroatoms. The summed E-state index contributed by atoms with van der Waals surface area (Å²) in [6.45, 7) is 2.88. The first-order chi connectivity index (χ1) is 24.8. The highest BCUT2D eigenvalue weighted by Gasteiger charge is 2.29. The van der Waals surface area contributed by atoms with Gasteiger partial charge in [0.05, 0.1) is 0 Å². The van der Waals surface area contributed by atoms with E-state index in [1.54, 1.807) is 0 Å². The lowest BCUT2D eigenvalue weighted by Crippen LogP contribution is -2.31. The smallest absolute Gasteiger partial charge is 0.0452 e. The van der Waals surface area contributed by atoms with E-state index in [2.05, 4.69) is 215 Å². The van der Waals surface area contributed by atoms with Gasteiger partial charge >= 0.3 is 0 Å². The minimum absolute atomic E-state index is 0.233. The molecule has 2 heterocycles. The largest absolute Gasteiger partial charge is 0.350 e. The van der Waals surface area contributed by atoms with E-state index >= 15 is 0 Å². The van der Waals surface area contributed by atoms with Crippen LogP contribution in [0.4, 0.5) is 0 Å². The van der Waals surface area contributed by atoms with Gasteiger partial charge in [-0.3, -0.25) is 4.90 Å². The predicted octanol–water partition coefficient (Wildman–Crippen LogP) is 11.0. The van der Waals surface area contributed by atoms with Crippen LogP contribution in [-0.2, 0) is 6.54 Å². The van der Waals surface area contributed by atoms with E-state index in [1.807, 2.05) is 0 Å². The Morgan fingerprint density at radius 3 is 0.980 bits per heavy atom. The Morgan fingerprint density at radius 1 is 0.360 bits per heavy atom. The Kier molecular flexibility index (Phi) is 11.2. The Labute approximate surface area is 298 Å². The van der Waals surface area contributed by atoms with Crippen LogP contribution in [0.25, 0.3) is 0 Å². The van der Waals surface area contributed by atoms with E-state index in [1.165, 1.54) is 27.8 Å². The lowest BCUT2D eigenvalue weighted by atomic mass is 9.82. The molecule has 2 atom stereocenters. The predicted molar refractivity (Wildman–Crippen MR) is 207 cm³/mol. The molecule has 0 spiro atoms. The molecule has 0 aliphatic heterocycles. The molecule has 3 nitrogen and oxygen atoms in total. The second kappa shape index (κ2) is 16.8. The number of hydrogen-bond donors (Lipinski definition) is 0. The summed E-state index contributed by atoms with van der Waals surface area (Å²) in [5, 5.41) is 0. The van der Waals surface area contributed by atoms with Crippen molar-refractivity contribution in [1.82, 2.24) is 14.0 Å². The van der Waals surface area contributed by atoms with Crippen molar-refractivity contribution in [3.8, 4) is 0 Å². The van der Waals surface area contributed by atoms with Crippen molar-refractivity contribution >= 4 is 0 Å². The Morgan fingerprint density at radius 2 is 0.660 bits per heavy atom. The molecule has 7 rings (SSSR count). The van der Waals surface area contributed by atoms with E-state index in [0.717, 1.165) is 32.5 Å². The molecule has 0 saturated carbocycles. The van der Waals surface area contributed by atoms with Gasteiger partial charge in [-0.2, -0.15) is 0 Å². The standard InChI is InChI=1S/C47H47N3/c1-6-20-39(21-7-1)38-48(36-30-44(49-32-16-17-33-49)46(40-22-8-2-9-23-40)41-24-10-3-11-25-41)37-31-45(50-34-18-19-35-50)47(42-26-12-4-13-27-42)43-28-14-5-15-29-43/h1-29,32-35,44-47H,30-31,36-38H2/t44-,45-/m0/s1. The van der Waals surface area contributed by atoms with Crippen LogP contribution in [0.1, 0.15) is 64.6 Å². The molecule has 50 heavy (non-hydrogen) atoms. The quantitative estimate of drug-likeness (QED) is 0.101. The number of hydrogen-bond acceptors (Lipinski definition) is 1. The van der Waals surface area contributed by atoms with Gasteiger partial charge in [0.2, 0.25) is 0 Å². The number of rotatable bonds is 16. The molecule has 7 aromatic rings. The van der Waals surface area contributed by atoms with E-state index in [0.29, 0.717) is 0 Å². The van der Waals surface area contributed by atoms with Gasteiger partial charge < -0.3 is 9.13 Å². The van der Waals surface area contributed by atoms with Crippen molar-refractivity contribution in [1.29, 1.82) is 0 Å². The molecule has 0 amide bonds. The van der Waals surface area contributed by atoms with Crippen molar-refractivity contribution in [3.63, 3.8) is 0 Å². The molecule has 0 bridgehead atoms. The summed E-state index contributed by atoms with van der Waals surface area (Å²) >= 11 is 0. The van der Waals surface area contributed by atoms with E-state index in [4.69, 9.17) is 0 Å². The first kappa shape index (κ1) is 33.1. The topological polar surface area (TPSA) is 13.1 Å². The third-order valence-corrected chi connectivity index (χ3v) is 10.2. The third kappa shape index (κ3) is 8.25. The molecule has 0 aliphatic carbocycles. The highest BCUT2D eigenvalue weighted by Crippen LogP contribution is 2.39. The summed E-state index contributed by atoms with van der Waals surface area (Å²) < 4.78 is 4.88. The first-order valence-corrected chi connectivity index (χ1v) is 18.0. The van der Waals surface area contributed by atoms with Crippen LogP contribution in [0.3, 0.4) is 0 Å². The molecule has 0 aliphatic rings. The van der Waals surface area contributed by atoms with Crippen LogP contribution in [0.2, 0.25) is 0 Å². The summed E-state index contributed by atoms with van der Waals surface area (Å²) in [7, 11) is 0. The SMILES string of the molecule is c1ccc(CN(CC[C@@H](C(c2ccccc2)c2ccccc2)n2cccc2)CC[C@@H](C(c2ccccc2)c2ccccc2)n2cccc2)cc1. The second-order valence-electron chi connectivity index (χ2n) is 13.3. The Hall–Kier alpha value is -5.38. The van der Waals surface area contributed by atoms with Crippen LogP contribution >= 0.6 is 0 Å². The summed E-state index contributed by atoms with van der Waals surface area (Å²) in [5.74, 6) is 0.466. The molecule has 0 saturated heterocycles. The van der Waals surface area contributed by atoms with Crippen LogP contribution in [-0.4, -0.2) is 27.1 Å². The van der Waals surface area contributed by atoms with E-state index < -0.39 is 0 Å². The minimum atomic E-state index is 0.233. The maximum atomic E-state index is 2.70. The van der Waals surface area contributed by atoms with Gasteiger partial charge in [0.25, 0.3) is 0 Å². The summed E-state index contributed by atoms with van der Waals surface area (Å²) in [6.07, 6.45) is 11.0. The van der Waals surface area contributed by atoms with Gasteiger partial charge in [0, 0.05) is 68.3 Å². The first-order valence-electron chi connectivity index (χ1n) is 18.0. The fraction of sp³-hybridized carbons (Fsp3) is 0.191. The lowest BCUT2D eigenvalue weighted by molar-refractivity contribution is 0.217. The van der Waals surface area contributed by atoms with Crippen LogP contribution < -0.4 is 0 Å². The molecule has 0 N–H and O–H groups in total. The molecular weight excluding hydrogens is 607 g/mol. The molecule has 0 radical (unpaired) electrons. The monoisotopic (exact) mass is 653 g/mol. The highest BCUT2D eigenvalue weighted by molar-refractivity contribution is 5.35. The fourth-order valence-corrected chi connectivity index (χ4v) is 7.77. The van der Waals surface area contributed by atoms with Gasteiger partial charge in [0.1, 0.15) is 0 Å². The molecule has 250 valence electrons. The Balaban J connectivity index is 1.21. The molecule has 5 aromatic carbocycles. The molecular formula is C47H47N3. The van der Waals surface area contributed by atoms with Crippen LogP contribution in [0, 0.1) is 0 Å². The van der Waals surface area contributed by atoms with Crippen molar-refractivity contribution in [2.75, 3.05) is 13.1 Å². The highest BCUT2D eigenvalue weighted by atomic mass is 15.1. The zero-order valence-corrected chi connectivity index (χ0v) is 28.7. The molecule has 2 aromatic heterocycles. The van der Waals surface area contributed by atoms with Gasteiger partial charge in [-0.1, -0.05) is 152 Å². The number of aromatic nitrogens is 2. The van der Waals surface area contributed by atoms with Crippen molar-refractivity contribution in [3.05, 3.63) is 229 Å². The van der Waals surface area contributed by atoms with E-state index in [9.17, 15) is 0 Å². The lowest BCUT2D eigenvalue weighted by Gasteiger charge is -2.34. The number of nitrogens with zero attached hydrogens (tertiary/aromatic N) is 3. The minimum Gasteiger partial charge on any atom is -0.350 e. The third-order valence-electron chi connectivity index (χ3n) is 10.2. The van der Waals surface area contributed by atoms with Crippen LogP contribution in [0.15, 0.2) is 201 Å². The molecule has 0 unspecified atom stereocenters. The maximum absolute atomic E-state index is 2.70. The maximum Gasteiger partial charge on any atom is 0.0452 e. The fourth-order valence-electron chi connectivity index (χ4n) is 7.77. The van der Waals surface area contributed by atoms with Crippen molar-refractivity contribution < 1.29 is 0 Å². The normalized spacial score (nSPS) is 12.8. The van der Waals surface area contributed by atoms with Crippen LogP contribution in [0.5, 0.6) is 0 Å². The Bertz CT molecular complexity index is 1720. The number of benzene rings is 5. The summed E-state index contributed by atoms with van der Waals surface area (Å²) in [5.41, 5.74) is 6.77.